The van der Waals surface area contributed by atoms with Gasteiger partial charge in [0.2, 0.25) is 0 Å². The maximum Gasteiger partial charge on any atom is 0.311 e. The van der Waals surface area contributed by atoms with Crippen LogP contribution in [0, 0.1) is 11.3 Å². The Morgan fingerprint density at radius 1 is 1.13 bits per heavy atom. The summed E-state index contributed by atoms with van der Waals surface area (Å²) in [5.41, 5.74) is 2.67. The fourth-order valence-corrected chi connectivity index (χ4v) is 2.43. The molecule has 0 bridgehead atoms. The number of allylic oxidation sites excluding steroid dienone is 1. The molecule has 2 aromatic carbocycles. The van der Waals surface area contributed by atoms with Crippen molar-refractivity contribution in [2.45, 2.75) is 25.7 Å². The van der Waals surface area contributed by atoms with E-state index in [9.17, 15) is 4.79 Å². The lowest BCUT2D eigenvalue weighted by atomic mass is 9.90. The normalized spacial score (nSPS) is 11.3. The highest BCUT2D eigenvalue weighted by molar-refractivity contribution is 5.73. The molecule has 0 saturated carbocycles. The summed E-state index contributed by atoms with van der Waals surface area (Å²) in [7, 11) is 0. The summed E-state index contributed by atoms with van der Waals surface area (Å²) in [6, 6.07) is 18.5. The van der Waals surface area contributed by atoms with Crippen molar-refractivity contribution < 1.29 is 9.53 Å². The minimum absolute atomic E-state index is 0.0552. The van der Waals surface area contributed by atoms with E-state index in [0.717, 1.165) is 17.6 Å². The highest BCUT2D eigenvalue weighted by Gasteiger charge is 2.17. The third-order valence-corrected chi connectivity index (χ3v) is 3.49. The lowest BCUT2D eigenvalue weighted by molar-refractivity contribution is -0.134. The number of carbonyl (C=O) groups excluding carboxylic acids is 1. The zero-order chi connectivity index (χ0) is 16.7. The Hall–Kier alpha value is -2.86. The molecule has 0 heterocycles. The first kappa shape index (κ1) is 16.5. The summed E-state index contributed by atoms with van der Waals surface area (Å²) >= 11 is 0. The molecule has 0 fully saturated rings. The highest BCUT2D eigenvalue weighted by atomic mass is 16.5. The van der Waals surface area contributed by atoms with Crippen LogP contribution >= 0.6 is 0 Å². The number of benzene rings is 2. The van der Waals surface area contributed by atoms with Gasteiger partial charge < -0.3 is 4.74 Å². The molecule has 0 aliphatic heterocycles. The standard InChI is InChI=1S/C20H19NO2/c1-15(2)12-18(17-6-4-3-5-7-17)13-20(22)23-19-10-8-16(14-21)9-11-19/h3-11,18H,1,12-13H2,2H3. The van der Waals surface area contributed by atoms with Crippen molar-refractivity contribution in [2.24, 2.45) is 0 Å². The van der Waals surface area contributed by atoms with Gasteiger partial charge in [-0.15, -0.1) is 6.58 Å². The molecule has 0 aromatic heterocycles. The Bertz CT molecular complexity index is 712. The van der Waals surface area contributed by atoms with Crippen LogP contribution < -0.4 is 4.74 Å². The molecule has 3 nitrogen and oxygen atoms in total. The van der Waals surface area contributed by atoms with Gasteiger partial charge in [-0.2, -0.15) is 5.26 Å². The number of hydrogen-bond acceptors (Lipinski definition) is 3. The van der Waals surface area contributed by atoms with Crippen LogP contribution in [0.3, 0.4) is 0 Å². The van der Waals surface area contributed by atoms with E-state index in [1.54, 1.807) is 24.3 Å². The van der Waals surface area contributed by atoms with Crippen molar-refractivity contribution in [2.75, 3.05) is 0 Å². The fraction of sp³-hybridized carbons (Fsp3) is 0.200. The topological polar surface area (TPSA) is 50.1 Å². The Labute approximate surface area is 136 Å². The molecule has 3 heteroatoms. The zero-order valence-electron chi connectivity index (χ0n) is 13.2. The van der Waals surface area contributed by atoms with Crippen LogP contribution in [0.5, 0.6) is 5.75 Å². The Morgan fingerprint density at radius 3 is 2.35 bits per heavy atom. The average Bonchev–Trinajstić information content (AvgIpc) is 2.55. The fourth-order valence-electron chi connectivity index (χ4n) is 2.43. The predicted octanol–water partition coefficient (Wildman–Crippen LogP) is 4.60. The molecule has 0 radical (unpaired) electrons. The van der Waals surface area contributed by atoms with Gasteiger partial charge >= 0.3 is 5.97 Å². The number of carbonyl (C=O) groups is 1. The quantitative estimate of drug-likeness (QED) is 0.445. The van der Waals surface area contributed by atoms with Gasteiger partial charge in [-0.05, 0) is 49.1 Å². The molecular formula is C20H19NO2. The SMILES string of the molecule is C=C(C)CC(CC(=O)Oc1ccc(C#N)cc1)c1ccccc1. The number of ether oxygens (including phenoxy) is 1. The van der Waals surface area contributed by atoms with Crippen molar-refractivity contribution in [1.29, 1.82) is 5.26 Å². The van der Waals surface area contributed by atoms with Crippen LogP contribution in [0.15, 0.2) is 66.7 Å². The summed E-state index contributed by atoms with van der Waals surface area (Å²) in [5, 5.41) is 8.77. The molecule has 1 atom stereocenters. The molecule has 1 unspecified atom stereocenters. The molecule has 0 saturated heterocycles. The van der Waals surface area contributed by atoms with Crippen molar-refractivity contribution >= 4 is 5.97 Å². The predicted molar refractivity (Wildman–Crippen MR) is 90.0 cm³/mol. The third kappa shape index (κ3) is 5.12. The van der Waals surface area contributed by atoms with Crippen molar-refractivity contribution in [3.05, 3.63) is 77.9 Å². The lowest BCUT2D eigenvalue weighted by Crippen LogP contribution is -2.13. The molecule has 116 valence electrons. The monoisotopic (exact) mass is 305 g/mol. The minimum Gasteiger partial charge on any atom is -0.427 e. The van der Waals surface area contributed by atoms with E-state index >= 15 is 0 Å². The van der Waals surface area contributed by atoms with E-state index in [-0.39, 0.29) is 18.3 Å². The lowest BCUT2D eigenvalue weighted by Gasteiger charge is -2.16. The second kappa shape index (κ2) is 7.95. The summed E-state index contributed by atoms with van der Waals surface area (Å²) in [4.78, 5) is 12.2. The van der Waals surface area contributed by atoms with Gasteiger partial charge in [-0.1, -0.05) is 35.9 Å². The molecule has 23 heavy (non-hydrogen) atoms. The Balaban J connectivity index is 2.05. The van der Waals surface area contributed by atoms with E-state index in [1.807, 2.05) is 43.3 Å². The Morgan fingerprint density at radius 2 is 1.78 bits per heavy atom. The van der Waals surface area contributed by atoms with Gasteiger partial charge in [0.1, 0.15) is 5.75 Å². The van der Waals surface area contributed by atoms with Gasteiger partial charge in [-0.25, -0.2) is 0 Å². The van der Waals surface area contributed by atoms with Crippen molar-refractivity contribution in [3.63, 3.8) is 0 Å². The second-order valence-corrected chi connectivity index (χ2v) is 5.58. The smallest absolute Gasteiger partial charge is 0.311 e. The first-order valence-electron chi connectivity index (χ1n) is 7.48. The maximum absolute atomic E-state index is 12.2. The van der Waals surface area contributed by atoms with Gasteiger partial charge in [0.25, 0.3) is 0 Å². The van der Waals surface area contributed by atoms with Gasteiger partial charge in [-0.3, -0.25) is 4.79 Å². The number of nitrogens with zero attached hydrogens (tertiary/aromatic N) is 1. The number of esters is 1. The van der Waals surface area contributed by atoms with Gasteiger partial charge in [0, 0.05) is 0 Å². The van der Waals surface area contributed by atoms with Crippen molar-refractivity contribution in [3.8, 4) is 11.8 Å². The molecule has 2 aromatic rings. The number of rotatable bonds is 6. The average molecular weight is 305 g/mol. The molecule has 2 rings (SSSR count). The summed E-state index contributed by atoms with van der Waals surface area (Å²) in [5.74, 6) is 0.223. The number of hydrogen-bond donors (Lipinski definition) is 0. The molecule has 0 aliphatic rings. The van der Waals surface area contributed by atoms with Crippen LogP contribution in [0.2, 0.25) is 0 Å². The first-order chi connectivity index (χ1) is 11.1. The van der Waals surface area contributed by atoms with Crippen LogP contribution in [0.25, 0.3) is 0 Å². The summed E-state index contributed by atoms with van der Waals surface area (Å²) in [6.45, 7) is 5.91. The number of nitriles is 1. The van der Waals surface area contributed by atoms with Crippen LogP contribution in [0.4, 0.5) is 0 Å². The van der Waals surface area contributed by atoms with Gasteiger partial charge in [0.05, 0.1) is 18.1 Å². The minimum atomic E-state index is -0.287. The van der Waals surface area contributed by atoms with Crippen LogP contribution in [-0.4, -0.2) is 5.97 Å². The van der Waals surface area contributed by atoms with Crippen molar-refractivity contribution in [1.82, 2.24) is 0 Å². The van der Waals surface area contributed by atoms with E-state index in [0.29, 0.717) is 11.3 Å². The van der Waals surface area contributed by atoms with Crippen LogP contribution in [-0.2, 0) is 4.79 Å². The van der Waals surface area contributed by atoms with Gasteiger partial charge in [0.15, 0.2) is 0 Å². The van der Waals surface area contributed by atoms with E-state index < -0.39 is 0 Å². The van der Waals surface area contributed by atoms with E-state index in [4.69, 9.17) is 10.00 Å². The van der Waals surface area contributed by atoms with Crippen LogP contribution in [0.1, 0.15) is 36.8 Å². The second-order valence-electron chi connectivity index (χ2n) is 5.58. The molecule has 0 amide bonds. The molecule has 0 N–H and O–H groups in total. The maximum atomic E-state index is 12.2. The molecular weight excluding hydrogens is 286 g/mol. The third-order valence-electron chi connectivity index (χ3n) is 3.49. The summed E-state index contributed by atoms with van der Waals surface area (Å²) in [6.07, 6.45) is 1.03. The summed E-state index contributed by atoms with van der Waals surface area (Å²) < 4.78 is 5.37. The van der Waals surface area contributed by atoms with E-state index in [2.05, 4.69) is 6.58 Å². The molecule has 0 aliphatic carbocycles. The molecule has 0 spiro atoms. The largest absolute Gasteiger partial charge is 0.427 e. The van der Waals surface area contributed by atoms with E-state index in [1.165, 1.54) is 0 Å². The Kier molecular flexibility index (Phi) is 5.71. The highest BCUT2D eigenvalue weighted by Crippen LogP contribution is 2.27. The first-order valence-corrected chi connectivity index (χ1v) is 7.48. The zero-order valence-corrected chi connectivity index (χ0v) is 13.2.